The van der Waals surface area contributed by atoms with E-state index in [0.717, 1.165) is 11.1 Å². The van der Waals surface area contributed by atoms with Crippen LogP contribution >= 0.6 is 0 Å². The molecule has 0 unspecified atom stereocenters. The fourth-order valence-electron chi connectivity index (χ4n) is 1.50. The highest BCUT2D eigenvalue weighted by molar-refractivity contribution is 7.85. The van der Waals surface area contributed by atoms with E-state index < -0.39 is 10.1 Å². The van der Waals surface area contributed by atoms with Crippen molar-refractivity contribution in [3.8, 4) is 11.8 Å². The molecule has 2 aromatic rings. The summed E-state index contributed by atoms with van der Waals surface area (Å²) in [7, 11) is -4.02. The lowest BCUT2D eigenvalue weighted by molar-refractivity contribution is 0.229. The standard InChI is InChI=1S/C10H10N4O.C7H8O3S/c11-10(14-15)13-12-8-4-7-9-5-2-1-3-6-9;1-6-2-4-7(5-3-6)11(8,9)10/h1-3,5-6,8,15H,(H3,11,13,14);2-5H,1H3,(H,8,9,10). The minimum absolute atomic E-state index is 0.0666. The van der Waals surface area contributed by atoms with Crippen molar-refractivity contribution in [3.63, 3.8) is 0 Å². The second-order valence-electron chi connectivity index (χ2n) is 4.78. The van der Waals surface area contributed by atoms with Crippen LogP contribution in [0, 0.1) is 24.2 Å². The Kier molecular flexibility index (Phi) is 8.52. The maximum Gasteiger partial charge on any atom is 0.294 e. The van der Waals surface area contributed by atoms with Gasteiger partial charge < -0.3 is 0 Å². The van der Waals surface area contributed by atoms with E-state index in [1.165, 1.54) is 18.3 Å². The van der Waals surface area contributed by atoms with Gasteiger partial charge in [-0.3, -0.25) is 15.2 Å². The summed E-state index contributed by atoms with van der Waals surface area (Å²) >= 11 is 0. The molecule has 8 nitrogen and oxygen atoms in total. The van der Waals surface area contributed by atoms with E-state index in [-0.39, 0.29) is 10.9 Å². The van der Waals surface area contributed by atoms with Gasteiger partial charge in [-0.2, -0.15) is 13.5 Å². The van der Waals surface area contributed by atoms with Gasteiger partial charge in [-0.25, -0.2) is 10.9 Å². The molecular formula is C17H18N4O4S. The molecule has 0 atom stereocenters. The van der Waals surface area contributed by atoms with Crippen molar-refractivity contribution < 1.29 is 18.2 Å². The first-order chi connectivity index (χ1) is 12.3. The summed E-state index contributed by atoms with van der Waals surface area (Å²) in [4.78, 5) is -0.0666. The molecule has 5 N–H and O–H groups in total. The lowest BCUT2D eigenvalue weighted by atomic mass is 10.2. The predicted octanol–water partition coefficient (Wildman–Crippen LogP) is 1.77. The van der Waals surface area contributed by atoms with Crippen LogP contribution in [0.3, 0.4) is 0 Å². The summed E-state index contributed by atoms with van der Waals surface area (Å²) in [5, 5.41) is 18.7. The van der Waals surface area contributed by atoms with Crippen molar-refractivity contribution in [1.82, 2.24) is 10.9 Å². The van der Waals surface area contributed by atoms with Crippen molar-refractivity contribution in [3.05, 3.63) is 65.7 Å². The number of nitrogens with one attached hydrogen (secondary N) is 3. The number of rotatable bonds is 2. The smallest absolute Gasteiger partial charge is 0.288 e. The van der Waals surface area contributed by atoms with Gasteiger partial charge in [0.1, 0.15) is 0 Å². The summed E-state index contributed by atoms with van der Waals surface area (Å²) in [6.45, 7) is 1.84. The van der Waals surface area contributed by atoms with Gasteiger partial charge in [0.2, 0.25) is 5.96 Å². The molecule has 0 aliphatic heterocycles. The number of hydrogen-bond acceptors (Lipinski definition) is 5. The number of hydrogen-bond donors (Lipinski definition) is 5. The Morgan fingerprint density at radius 2 is 1.77 bits per heavy atom. The van der Waals surface area contributed by atoms with Crippen molar-refractivity contribution in [2.24, 2.45) is 5.10 Å². The predicted molar refractivity (Wildman–Crippen MR) is 98.6 cm³/mol. The molecule has 0 aliphatic rings. The third-order valence-corrected chi connectivity index (χ3v) is 3.59. The van der Waals surface area contributed by atoms with E-state index in [0.29, 0.717) is 0 Å². The molecule has 0 heterocycles. The quantitative estimate of drug-likeness (QED) is 0.179. The molecule has 0 bridgehead atoms. The molecule has 0 saturated heterocycles. The number of hydroxylamine groups is 1. The normalized spacial score (nSPS) is 10.1. The van der Waals surface area contributed by atoms with Crippen LogP contribution in [0.15, 0.2) is 64.6 Å². The van der Waals surface area contributed by atoms with Gasteiger partial charge in [0.25, 0.3) is 10.1 Å². The van der Waals surface area contributed by atoms with Crippen molar-refractivity contribution >= 4 is 22.3 Å². The Balaban J connectivity index is 0.000000273. The average Bonchev–Trinajstić information content (AvgIpc) is 2.62. The summed E-state index contributed by atoms with van der Waals surface area (Å²) < 4.78 is 29.6. The molecule has 0 aromatic heterocycles. The van der Waals surface area contributed by atoms with Crippen LogP contribution in [0.5, 0.6) is 0 Å². The highest BCUT2D eigenvalue weighted by Crippen LogP contribution is 2.08. The highest BCUT2D eigenvalue weighted by atomic mass is 32.2. The zero-order chi connectivity index (χ0) is 19.4. The molecule has 0 radical (unpaired) electrons. The molecule has 2 rings (SSSR count). The van der Waals surface area contributed by atoms with Gasteiger partial charge in [0.15, 0.2) is 0 Å². The maximum atomic E-state index is 10.5. The summed E-state index contributed by atoms with van der Waals surface area (Å²) in [5.41, 5.74) is 5.64. The van der Waals surface area contributed by atoms with Crippen LogP contribution in [0.2, 0.25) is 0 Å². The van der Waals surface area contributed by atoms with Crippen LogP contribution in [0.4, 0.5) is 0 Å². The van der Waals surface area contributed by atoms with E-state index in [4.69, 9.17) is 15.2 Å². The fourth-order valence-corrected chi connectivity index (χ4v) is 1.98. The topological polar surface area (TPSA) is 135 Å². The second-order valence-corrected chi connectivity index (χ2v) is 6.20. The Hall–Kier alpha value is -3.19. The minimum Gasteiger partial charge on any atom is -0.288 e. The van der Waals surface area contributed by atoms with Crippen LogP contribution in [-0.2, 0) is 10.1 Å². The number of aryl methyl sites for hydroxylation is 1. The molecule has 0 fully saturated rings. The zero-order valence-corrected chi connectivity index (χ0v) is 14.7. The van der Waals surface area contributed by atoms with Crippen LogP contribution < -0.4 is 10.9 Å². The third kappa shape index (κ3) is 8.60. The highest BCUT2D eigenvalue weighted by Gasteiger charge is 2.06. The van der Waals surface area contributed by atoms with Crippen LogP contribution in [0.25, 0.3) is 0 Å². The number of guanidine groups is 1. The monoisotopic (exact) mass is 374 g/mol. The summed E-state index contributed by atoms with van der Waals surface area (Å²) in [6, 6.07) is 15.4. The third-order valence-electron chi connectivity index (χ3n) is 2.73. The zero-order valence-electron chi connectivity index (χ0n) is 13.8. The summed E-state index contributed by atoms with van der Waals surface area (Å²) in [6.07, 6.45) is 1.30. The Bertz CT molecular complexity index is 899. The SMILES string of the molecule is Cc1ccc(S(=O)(=O)O)cc1.N=C(NO)NN=CC#Cc1ccccc1. The molecule has 0 saturated carbocycles. The Labute approximate surface area is 151 Å². The van der Waals surface area contributed by atoms with Gasteiger partial charge >= 0.3 is 0 Å². The van der Waals surface area contributed by atoms with E-state index in [2.05, 4.69) is 22.4 Å². The first-order valence-electron chi connectivity index (χ1n) is 7.20. The van der Waals surface area contributed by atoms with Gasteiger partial charge in [-0.05, 0) is 37.1 Å². The van der Waals surface area contributed by atoms with Crippen LogP contribution in [-0.4, -0.2) is 30.4 Å². The molecule has 26 heavy (non-hydrogen) atoms. The Morgan fingerprint density at radius 3 is 2.31 bits per heavy atom. The number of nitrogens with zero attached hydrogens (tertiary/aromatic N) is 1. The van der Waals surface area contributed by atoms with Gasteiger partial charge in [-0.15, -0.1) is 0 Å². The number of hydrazone groups is 1. The molecule has 2 aromatic carbocycles. The fraction of sp³-hybridized carbons (Fsp3) is 0.0588. The van der Waals surface area contributed by atoms with Crippen molar-refractivity contribution in [1.29, 1.82) is 5.41 Å². The van der Waals surface area contributed by atoms with E-state index in [1.54, 1.807) is 17.6 Å². The number of benzene rings is 2. The lowest BCUT2D eigenvalue weighted by Gasteiger charge is -1.95. The second kappa shape index (κ2) is 10.6. The Morgan fingerprint density at radius 1 is 1.15 bits per heavy atom. The molecule has 0 aliphatic carbocycles. The van der Waals surface area contributed by atoms with Gasteiger partial charge in [-0.1, -0.05) is 41.8 Å². The lowest BCUT2D eigenvalue weighted by Crippen LogP contribution is -2.30. The van der Waals surface area contributed by atoms with E-state index >= 15 is 0 Å². The molecular weight excluding hydrogens is 356 g/mol. The van der Waals surface area contributed by atoms with E-state index in [9.17, 15) is 8.42 Å². The molecule has 136 valence electrons. The average molecular weight is 374 g/mol. The molecule has 0 spiro atoms. The summed E-state index contributed by atoms with van der Waals surface area (Å²) in [5.74, 6) is 5.20. The van der Waals surface area contributed by atoms with Crippen molar-refractivity contribution in [2.45, 2.75) is 11.8 Å². The molecule has 9 heteroatoms. The van der Waals surface area contributed by atoms with Gasteiger partial charge in [0.05, 0.1) is 11.1 Å². The maximum absolute atomic E-state index is 10.5. The first-order valence-corrected chi connectivity index (χ1v) is 8.64. The minimum atomic E-state index is -4.02. The molecule has 0 amide bonds. The van der Waals surface area contributed by atoms with Gasteiger partial charge in [0, 0.05) is 5.56 Å². The van der Waals surface area contributed by atoms with Crippen molar-refractivity contribution in [2.75, 3.05) is 0 Å². The first kappa shape index (κ1) is 20.9. The largest absolute Gasteiger partial charge is 0.294 e. The van der Waals surface area contributed by atoms with E-state index in [1.807, 2.05) is 37.3 Å². The van der Waals surface area contributed by atoms with Crippen LogP contribution in [0.1, 0.15) is 11.1 Å².